The number of hydrogen-bond donors (Lipinski definition) is 1. The van der Waals surface area contributed by atoms with Crippen molar-refractivity contribution < 1.29 is 4.79 Å². The Bertz CT molecular complexity index is 887. The number of aryl methyl sites for hydroxylation is 1. The highest BCUT2D eigenvalue weighted by atomic mass is 35.5. The van der Waals surface area contributed by atoms with Gasteiger partial charge in [-0.05, 0) is 24.6 Å². The van der Waals surface area contributed by atoms with Gasteiger partial charge in [0, 0.05) is 21.5 Å². The van der Waals surface area contributed by atoms with Crippen molar-refractivity contribution >= 4 is 40.1 Å². The van der Waals surface area contributed by atoms with Crippen LogP contribution in [0.2, 0.25) is 5.02 Å². The molecule has 0 atom stereocenters. The van der Waals surface area contributed by atoms with Crippen molar-refractivity contribution in [3.8, 4) is 11.3 Å². The minimum absolute atomic E-state index is 0.233. The van der Waals surface area contributed by atoms with Crippen molar-refractivity contribution in [2.45, 2.75) is 6.92 Å². The summed E-state index contributed by atoms with van der Waals surface area (Å²) in [4.78, 5) is 17.7. The van der Waals surface area contributed by atoms with Crippen molar-refractivity contribution in [1.82, 2.24) is 4.98 Å². The van der Waals surface area contributed by atoms with E-state index in [0.29, 0.717) is 10.2 Å². The summed E-state index contributed by atoms with van der Waals surface area (Å²) in [6.45, 7) is 2.00. The fourth-order valence-electron chi connectivity index (χ4n) is 2.24. The zero-order valence-electron chi connectivity index (χ0n) is 13.0. The van der Waals surface area contributed by atoms with Gasteiger partial charge in [0.25, 0.3) is 0 Å². The van der Waals surface area contributed by atoms with Crippen molar-refractivity contribution in [3.05, 3.63) is 76.1 Å². The number of halogens is 1. The van der Waals surface area contributed by atoms with Gasteiger partial charge in [-0.1, -0.05) is 60.1 Å². The summed E-state index contributed by atoms with van der Waals surface area (Å²) in [5, 5.41) is 3.99. The first-order chi connectivity index (χ1) is 11.6. The van der Waals surface area contributed by atoms with Gasteiger partial charge in [0.1, 0.15) is 0 Å². The Balaban J connectivity index is 1.73. The van der Waals surface area contributed by atoms with E-state index in [1.54, 1.807) is 12.1 Å². The molecule has 120 valence electrons. The van der Waals surface area contributed by atoms with Crippen LogP contribution in [0.5, 0.6) is 0 Å². The topological polar surface area (TPSA) is 42.0 Å². The molecule has 0 radical (unpaired) electrons. The Labute approximate surface area is 149 Å². The summed E-state index contributed by atoms with van der Waals surface area (Å²) >= 11 is 7.53. The fraction of sp³-hybridized carbons (Fsp3) is 0.0526. The molecule has 0 aliphatic carbocycles. The minimum atomic E-state index is -0.233. The number of hydrogen-bond acceptors (Lipinski definition) is 3. The third-order valence-electron chi connectivity index (χ3n) is 3.39. The highest BCUT2D eigenvalue weighted by Crippen LogP contribution is 2.30. The molecule has 24 heavy (non-hydrogen) atoms. The number of nitrogens with zero attached hydrogens (tertiary/aromatic N) is 1. The van der Waals surface area contributed by atoms with Crippen LogP contribution in [-0.4, -0.2) is 10.9 Å². The lowest BCUT2D eigenvalue weighted by Crippen LogP contribution is -2.07. The molecule has 0 spiro atoms. The van der Waals surface area contributed by atoms with Gasteiger partial charge >= 0.3 is 0 Å². The number of rotatable bonds is 4. The number of carbonyl (C=O) groups is 1. The van der Waals surface area contributed by atoms with Crippen molar-refractivity contribution in [2.75, 3.05) is 5.32 Å². The van der Waals surface area contributed by atoms with Crippen LogP contribution < -0.4 is 5.32 Å². The Morgan fingerprint density at radius 1 is 1.12 bits per heavy atom. The first kappa shape index (κ1) is 16.4. The molecule has 3 rings (SSSR count). The monoisotopic (exact) mass is 354 g/mol. The van der Waals surface area contributed by atoms with E-state index in [4.69, 9.17) is 11.6 Å². The maximum absolute atomic E-state index is 12.1. The number of carbonyl (C=O) groups excluding carboxylic acids is 1. The van der Waals surface area contributed by atoms with Gasteiger partial charge < -0.3 is 0 Å². The van der Waals surface area contributed by atoms with Crippen molar-refractivity contribution in [2.24, 2.45) is 0 Å². The standard InChI is InChI=1S/C19H15ClN2OS/c1-13-18(15-8-3-2-4-9-15)22-19(24-13)21-17(23)12-11-14-7-5-6-10-16(14)20/h2-12H,1H3,(H,21,22,23)/b12-11+. The van der Waals surface area contributed by atoms with Crippen LogP contribution in [0.15, 0.2) is 60.7 Å². The van der Waals surface area contributed by atoms with E-state index >= 15 is 0 Å². The maximum atomic E-state index is 12.1. The molecule has 1 aromatic heterocycles. The molecule has 1 heterocycles. The highest BCUT2D eigenvalue weighted by molar-refractivity contribution is 7.16. The van der Waals surface area contributed by atoms with Crippen molar-refractivity contribution in [3.63, 3.8) is 0 Å². The van der Waals surface area contributed by atoms with E-state index in [-0.39, 0.29) is 5.91 Å². The molecule has 0 aliphatic heterocycles. The van der Waals surface area contributed by atoms with Crippen LogP contribution in [0.1, 0.15) is 10.4 Å². The fourth-order valence-corrected chi connectivity index (χ4v) is 3.27. The third-order valence-corrected chi connectivity index (χ3v) is 4.62. The van der Waals surface area contributed by atoms with Gasteiger partial charge in [0.15, 0.2) is 5.13 Å². The zero-order valence-corrected chi connectivity index (χ0v) is 14.6. The van der Waals surface area contributed by atoms with E-state index in [0.717, 1.165) is 21.7 Å². The number of nitrogens with one attached hydrogen (secondary N) is 1. The first-order valence-electron chi connectivity index (χ1n) is 7.40. The van der Waals surface area contributed by atoms with Crippen LogP contribution >= 0.6 is 22.9 Å². The summed E-state index contributed by atoms with van der Waals surface area (Å²) < 4.78 is 0. The third kappa shape index (κ3) is 3.91. The average Bonchev–Trinajstić information content (AvgIpc) is 2.95. The molecule has 0 saturated carbocycles. The van der Waals surface area contributed by atoms with Crippen LogP contribution in [0, 0.1) is 6.92 Å². The molecule has 1 amide bonds. The summed E-state index contributed by atoms with van der Waals surface area (Å²) in [5.74, 6) is -0.233. The molecule has 2 aromatic carbocycles. The number of aromatic nitrogens is 1. The Morgan fingerprint density at radius 3 is 2.58 bits per heavy atom. The average molecular weight is 355 g/mol. The Morgan fingerprint density at radius 2 is 1.83 bits per heavy atom. The Kier molecular flexibility index (Phi) is 5.08. The first-order valence-corrected chi connectivity index (χ1v) is 8.59. The molecule has 0 unspecified atom stereocenters. The quantitative estimate of drug-likeness (QED) is 0.635. The van der Waals surface area contributed by atoms with Gasteiger partial charge in [-0.2, -0.15) is 0 Å². The van der Waals surface area contributed by atoms with Gasteiger partial charge in [-0.25, -0.2) is 4.98 Å². The lowest BCUT2D eigenvalue weighted by Gasteiger charge is -1.98. The molecule has 0 fully saturated rings. The SMILES string of the molecule is Cc1sc(NC(=O)/C=C/c2ccccc2Cl)nc1-c1ccccc1. The van der Waals surface area contributed by atoms with Crippen LogP contribution in [0.25, 0.3) is 17.3 Å². The number of amides is 1. The van der Waals surface area contributed by atoms with E-state index in [1.807, 2.05) is 55.5 Å². The summed E-state index contributed by atoms with van der Waals surface area (Å²) in [6.07, 6.45) is 3.15. The normalized spacial score (nSPS) is 10.9. The van der Waals surface area contributed by atoms with Gasteiger partial charge in [-0.15, -0.1) is 11.3 Å². The second-order valence-corrected chi connectivity index (χ2v) is 6.74. The number of thiazole rings is 1. The van der Waals surface area contributed by atoms with Crippen molar-refractivity contribution in [1.29, 1.82) is 0 Å². The second kappa shape index (κ2) is 7.43. The summed E-state index contributed by atoms with van der Waals surface area (Å²) in [6, 6.07) is 17.3. The predicted octanol–water partition coefficient (Wildman–Crippen LogP) is 5.42. The van der Waals surface area contributed by atoms with E-state index in [2.05, 4.69) is 10.3 Å². The second-order valence-electron chi connectivity index (χ2n) is 5.13. The van der Waals surface area contributed by atoms with Crippen LogP contribution in [-0.2, 0) is 4.79 Å². The molecule has 0 aliphatic rings. The van der Waals surface area contributed by atoms with Gasteiger partial charge in [0.2, 0.25) is 5.91 Å². The predicted molar refractivity (Wildman–Crippen MR) is 101 cm³/mol. The molecule has 0 bridgehead atoms. The van der Waals surface area contributed by atoms with E-state index in [1.165, 1.54) is 17.4 Å². The van der Waals surface area contributed by atoms with Gasteiger partial charge in [0.05, 0.1) is 5.69 Å². The summed E-state index contributed by atoms with van der Waals surface area (Å²) in [7, 11) is 0. The minimum Gasteiger partial charge on any atom is -0.298 e. The largest absolute Gasteiger partial charge is 0.298 e. The molecular formula is C19H15ClN2OS. The van der Waals surface area contributed by atoms with E-state index in [9.17, 15) is 4.79 Å². The Hall–Kier alpha value is -2.43. The van der Waals surface area contributed by atoms with Crippen LogP contribution in [0.4, 0.5) is 5.13 Å². The molecule has 3 nitrogen and oxygen atoms in total. The smallest absolute Gasteiger partial charge is 0.250 e. The summed E-state index contributed by atoms with van der Waals surface area (Å²) in [5.41, 5.74) is 2.74. The lowest BCUT2D eigenvalue weighted by molar-refractivity contribution is -0.111. The van der Waals surface area contributed by atoms with Gasteiger partial charge in [-0.3, -0.25) is 10.1 Å². The molecule has 3 aromatic rings. The van der Waals surface area contributed by atoms with E-state index < -0.39 is 0 Å². The number of anilines is 1. The molecule has 0 saturated heterocycles. The highest BCUT2D eigenvalue weighted by Gasteiger charge is 2.10. The lowest BCUT2D eigenvalue weighted by atomic mass is 10.1. The molecule has 5 heteroatoms. The maximum Gasteiger partial charge on any atom is 0.250 e. The molecule has 1 N–H and O–H groups in total. The zero-order chi connectivity index (χ0) is 16.9. The molecular weight excluding hydrogens is 340 g/mol. The van der Waals surface area contributed by atoms with Crippen LogP contribution in [0.3, 0.4) is 0 Å². The number of benzene rings is 2.